The molecule has 1 unspecified atom stereocenters. The van der Waals surface area contributed by atoms with Gasteiger partial charge in [-0.1, -0.05) is 42.5 Å². The van der Waals surface area contributed by atoms with Crippen molar-refractivity contribution in [3.63, 3.8) is 0 Å². The maximum atomic E-state index is 12.1. The highest BCUT2D eigenvalue weighted by Gasteiger charge is 2.11. The molecule has 0 radical (unpaired) electrons. The first kappa shape index (κ1) is 13.6. The van der Waals surface area contributed by atoms with Crippen molar-refractivity contribution in [1.82, 2.24) is 5.32 Å². The van der Waals surface area contributed by atoms with Crippen molar-refractivity contribution in [2.45, 2.75) is 18.8 Å². The van der Waals surface area contributed by atoms with Gasteiger partial charge >= 0.3 is 0 Å². The van der Waals surface area contributed by atoms with Gasteiger partial charge in [0.15, 0.2) is 0 Å². The fourth-order valence-corrected chi connectivity index (χ4v) is 2.07. The third-order valence-electron chi connectivity index (χ3n) is 2.99. The number of carbonyl (C=O) groups excluding carboxylic acids is 1. The molecule has 1 amide bonds. The van der Waals surface area contributed by atoms with E-state index < -0.39 is 0 Å². The van der Waals surface area contributed by atoms with Crippen LogP contribution < -0.4 is 5.32 Å². The molecule has 1 N–H and O–H groups in total. The van der Waals surface area contributed by atoms with Crippen molar-refractivity contribution in [3.8, 4) is 0 Å². The Morgan fingerprint density at radius 2 is 1.89 bits per heavy atom. The summed E-state index contributed by atoms with van der Waals surface area (Å²) in [7, 11) is 0. The van der Waals surface area contributed by atoms with Gasteiger partial charge in [0.05, 0.1) is 6.04 Å². The smallest absolute Gasteiger partial charge is 0.251 e. The highest BCUT2D eigenvalue weighted by molar-refractivity contribution is 6.17. The predicted molar refractivity (Wildman–Crippen MR) is 78.3 cm³/mol. The number of alkyl halides is 1. The van der Waals surface area contributed by atoms with Crippen LogP contribution in [0.2, 0.25) is 0 Å². The zero-order chi connectivity index (χ0) is 13.7. The van der Waals surface area contributed by atoms with Crippen LogP contribution in [0.3, 0.4) is 0 Å². The number of carbonyl (C=O) groups is 1. The summed E-state index contributed by atoms with van der Waals surface area (Å²) in [5.74, 6) is 0.332. The highest BCUT2D eigenvalue weighted by Crippen LogP contribution is 2.13. The van der Waals surface area contributed by atoms with Crippen LogP contribution in [0, 0.1) is 0 Å². The number of halogens is 1. The Kier molecular flexibility index (Phi) is 4.58. The largest absolute Gasteiger partial charge is 0.346 e. The highest BCUT2D eigenvalue weighted by atomic mass is 35.5. The van der Waals surface area contributed by atoms with Crippen molar-refractivity contribution in [2.24, 2.45) is 0 Å². The number of nitrogens with one attached hydrogen (secondary N) is 1. The Morgan fingerprint density at radius 1 is 1.16 bits per heavy atom. The summed E-state index contributed by atoms with van der Waals surface area (Å²) < 4.78 is 0. The lowest BCUT2D eigenvalue weighted by Gasteiger charge is -2.14. The third kappa shape index (κ3) is 3.58. The number of amides is 1. The van der Waals surface area contributed by atoms with Gasteiger partial charge in [-0.3, -0.25) is 4.79 Å². The summed E-state index contributed by atoms with van der Waals surface area (Å²) in [4.78, 5) is 12.1. The molecule has 0 aliphatic carbocycles. The number of benzene rings is 2. The molecular formula is C16H16ClNO. The number of hydrogen-bond donors (Lipinski definition) is 1. The Bertz CT molecular complexity index is 554. The van der Waals surface area contributed by atoms with E-state index in [1.165, 1.54) is 0 Å². The Hall–Kier alpha value is -1.80. The van der Waals surface area contributed by atoms with Crippen LogP contribution >= 0.6 is 11.6 Å². The van der Waals surface area contributed by atoms with Crippen molar-refractivity contribution in [1.29, 1.82) is 0 Å². The molecule has 0 aliphatic heterocycles. The molecule has 0 aromatic heterocycles. The monoisotopic (exact) mass is 273 g/mol. The van der Waals surface area contributed by atoms with E-state index in [0.29, 0.717) is 11.4 Å². The Morgan fingerprint density at radius 3 is 2.58 bits per heavy atom. The van der Waals surface area contributed by atoms with Crippen LogP contribution in [-0.4, -0.2) is 5.91 Å². The first-order valence-corrected chi connectivity index (χ1v) is 6.75. The van der Waals surface area contributed by atoms with Gasteiger partial charge in [-0.2, -0.15) is 0 Å². The molecule has 0 saturated heterocycles. The first-order valence-electron chi connectivity index (χ1n) is 6.21. The summed E-state index contributed by atoms with van der Waals surface area (Å²) in [5.41, 5.74) is 2.67. The minimum absolute atomic E-state index is 0.0200. The third-order valence-corrected chi connectivity index (χ3v) is 3.30. The molecule has 0 heterocycles. The zero-order valence-electron chi connectivity index (χ0n) is 10.8. The second-order valence-electron chi connectivity index (χ2n) is 4.44. The molecule has 0 aliphatic rings. The fourth-order valence-electron chi connectivity index (χ4n) is 1.90. The minimum atomic E-state index is -0.0803. The van der Waals surface area contributed by atoms with Crippen molar-refractivity contribution < 1.29 is 4.79 Å². The van der Waals surface area contributed by atoms with Gasteiger partial charge in [-0.05, 0) is 30.2 Å². The maximum absolute atomic E-state index is 12.1. The summed E-state index contributed by atoms with van der Waals surface area (Å²) in [6.45, 7) is 1.97. The lowest BCUT2D eigenvalue weighted by molar-refractivity contribution is 0.0940. The van der Waals surface area contributed by atoms with E-state index in [-0.39, 0.29) is 11.9 Å². The standard InChI is InChI=1S/C16H16ClNO/c1-12(14-7-3-2-4-8-14)18-16(19)15-9-5-6-13(10-15)11-17/h2-10,12H,11H2,1H3,(H,18,19). The van der Waals surface area contributed by atoms with E-state index >= 15 is 0 Å². The summed E-state index contributed by atoms with van der Waals surface area (Å²) in [6, 6.07) is 17.2. The molecule has 98 valence electrons. The molecule has 0 bridgehead atoms. The van der Waals surface area contributed by atoms with E-state index in [0.717, 1.165) is 11.1 Å². The maximum Gasteiger partial charge on any atom is 0.251 e. The molecule has 19 heavy (non-hydrogen) atoms. The summed E-state index contributed by atoms with van der Waals surface area (Å²) in [6.07, 6.45) is 0. The first-order chi connectivity index (χ1) is 9.20. The van der Waals surface area contributed by atoms with Crippen LogP contribution in [-0.2, 0) is 5.88 Å². The van der Waals surface area contributed by atoms with Gasteiger partial charge in [-0.15, -0.1) is 11.6 Å². The minimum Gasteiger partial charge on any atom is -0.346 e. The number of hydrogen-bond acceptors (Lipinski definition) is 1. The molecule has 2 nitrogen and oxygen atoms in total. The van der Waals surface area contributed by atoms with E-state index in [1.807, 2.05) is 55.5 Å². The van der Waals surface area contributed by atoms with Gasteiger partial charge in [0.1, 0.15) is 0 Å². The van der Waals surface area contributed by atoms with Gasteiger partial charge < -0.3 is 5.32 Å². The molecule has 0 spiro atoms. The lowest BCUT2D eigenvalue weighted by atomic mass is 10.1. The fraction of sp³-hybridized carbons (Fsp3) is 0.188. The average Bonchev–Trinajstić information content (AvgIpc) is 2.48. The lowest BCUT2D eigenvalue weighted by Crippen LogP contribution is -2.26. The summed E-state index contributed by atoms with van der Waals surface area (Å²) >= 11 is 5.77. The van der Waals surface area contributed by atoms with E-state index in [4.69, 9.17) is 11.6 Å². The molecule has 0 fully saturated rings. The second kappa shape index (κ2) is 6.39. The Balaban J connectivity index is 2.08. The van der Waals surface area contributed by atoms with Crippen LogP contribution in [0.25, 0.3) is 0 Å². The molecule has 2 aromatic carbocycles. The van der Waals surface area contributed by atoms with E-state index in [1.54, 1.807) is 6.07 Å². The van der Waals surface area contributed by atoms with E-state index in [2.05, 4.69) is 5.32 Å². The van der Waals surface area contributed by atoms with E-state index in [9.17, 15) is 4.79 Å². The molecule has 3 heteroatoms. The van der Waals surface area contributed by atoms with Crippen molar-refractivity contribution in [3.05, 3.63) is 71.3 Å². The topological polar surface area (TPSA) is 29.1 Å². The van der Waals surface area contributed by atoms with Crippen LogP contribution in [0.15, 0.2) is 54.6 Å². The molecule has 2 aromatic rings. The predicted octanol–water partition coefficient (Wildman–Crippen LogP) is 3.92. The molecule has 0 saturated carbocycles. The zero-order valence-corrected chi connectivity index (χ0v) is 11.5. The number of rotatable bonds is 4. The Labute approximate surface area is 118 Å². The SMILES string of the molecule is CC(NC(=O)c1cccc(CCl)c1)c1ccccc1. The normalized spacial score (nSPS) is 11.9. The summed E-state index contributed by atoms with van der Waals surface area (Å²) in [5, 5.41) is 2.98. The average molecular weight is 274 g/mol. The van der Waals surface area contributed by atoms with Crippen molar-refractivity contribution >= 4 is 17.5 Å². The molecular weight excluding hydrogens is 258 g/mol. The molecule has 2 rings (SSSR count). The van der Waals surface area contributed by atoms with Gasteiger partial charge in [-0.25, -0.2) is 0 Å². The van der Waals surface area contributed by atoms with Gasteiger partial charge in [0.2, 0.25) is 0 Å². The van der Waals surface area contributed by atoms with Crippen LogP contribution in [0.4, 0.5) is 0 Å². The molecule has 1 atom stereocenters. The van der Waals surface area contributed by atoms with Crippen LogP contribution in [0.5, 0.6) is 0 Å². The quantitative estimate of drug-likeness (QED) is 0.841. The second-order valence-corrected chi connectivity index (χ2v) is 4.71. The van der Waals surface area contributed by atoms with Gasteiger partial charge in [0, 0.05) is 11.4 Å². The van der Waals surface area contributed by atoms with Gasteiger partial charge in [0.25, 0.3) is 5.91 Å². The van der Waals surface area contributed by atoms with Crippen LogP contribution in [0.1, 0.15) is 34.5 Å². The van der Waals surface area contributed by atoms with Crippen molar-refractivity contribution in [2.75, 3.05) is 0 Å².